The second kappa shape index (κ2) is 8.43. The number of rotatable bonds is 5. The van der Waals surface area contributed by atoms with Gasteiger partial charge in [0.15, 0.2) is 5.78 Å². The van der Waals surface area contributed by atoms with Gasteiger partial charge < -0.3 is 9.64 Å². The number of hydrogen-bond acceptors (Lipinski definition) is 4. The molecule has 0 radical (unpaired) electrons. The van der Waals surface area contributed by atoms with Crippen molar-refractivity contribution in [2.24, 2.45) is 0 Å². The Hall–Kier alpha value is -2.43. The molecule has 0 spiro atoms. The van der Waals surface area contributed by atoms with Crippen LogP contribution in [0.2, 0.25) is 0 Å². The van der Waals surface area contributed by atoms with E-state index in [1.807, 2.05) is 6.92 Å². The molecule has 5 nitrogen and oxygen atoms in total. The Morgan fingerprint density at radius 2 is 1.92 bits per heavy atom. The predicted molar refractivity (Wildman–Crippen MR) is 91.5 cm³/mol. The fraction of sp³-hybridized carbons (Fsp3) is 0.421. The van der Waals surface area contributed by atoms with Gasteiger partial charge in [-0.15, -0.1) is 0 Å². The lowest BCUT2D eigenvalue weighted by Crippen LogP contribution is -2.47. The second-order valence-electron chi connectivity index (χ2n) is 5.81. The molecule has 1 unspecified atom stereocenters. The smallest absolute Gasteiger partial charge is 0.337 e. The fourth-order valence-electron chi connectivity index (χ4n) is 2.88. The first-order valence-corrected chi connectivity index (χ1v) is 8.26. The molecule has 1 heterocycles. The van der Waals surface area contributed by atoms with Crippen LogP contribution in [0.3, 0.4) is 0 Å². The Morgan fingerprint density at radius 1 is 1.21 bits per heavy atom. The van der Waals surface area contributed by atoms with E-state index in [1.165, 1.54) is 13.2 Å². The van der Waals surface area contributed by atoms with Gasteiger partial charge in [-0.25, -0.2) is 4.79 Å². The Morgan fingerprint density at radius 3 is 2.54 bits per heavy atom. The molecular formula is C19H23NO4. The highest BCUT2D eigenvalue weighted by molar-refractivity contribution is 5.96. The van der Waals surface area contributed by atoms with E-state index in [2.05, 4.69) is 4.74 Å². The Balaban J connectivity index is 2.05. The van der Waals surface area contributed by atoms with E-state index >= 15 is 0 Å². The van der Waals surface area contributed by atoms with Crippen molar-refractivity contribution in [3.8, 4) is 0 Å². The van der Waals surface area contributed by atoms with Crippen molar-refractivity contribution in [1.82, 2.24) is 4.90 Å². The first-order chi connectivity index (χ1) is 11.6. The number of likely N-dealkylation sites (tertiary alicyclic amines) is 1. The lowest BCUT2D eigenvalue weighted by atomic mass is 9.97. The largest absolute Gasteiger partial charge is 0.465 e. The Labute approximate surface area is 142 Å². The van der Waals surface area contributed by atoms with Crippen LogP contribution in [0.15, 0.2) is 30.3 Å². The molecule has 0 saturated carbocycles. The van der Waals surface area contributed by atoms with Crippen LogP contribution in [-0.4, -0.2) is 42.3 Å². The molecule has 1 aromatic rings. The summed E-state index contributed by atoms with van der Waals surface area (Å²) in [6.07, 6.45) is 6.31. The molecule has 1 aliphatic rings. The molecule has 1 atom stereocenters. The van der Waals surface area contributed by atoms with Gasteiger partial charge >= 0.3 is 5.97 Å². The Kier molecular flexibility index (Phi) is 6.29. The molecule has 2 rings (SSSR count). The van der Waals surface area contributed by atoms with E-state index in [-0.39, 0.29) is 17.7 Å². The van der Waals surface area contributed by atoms with Gasteiger partial charge in [-0.05, 0) is 43.0 Å². The number of carbonyl (C=O) groups is 3. The number of Topliss-reactive ketones (excluding diaryl/α,β-unsaturated/α-hetero) is 1. The number of ketones is 1. The summed E-state index contributed by atoms with van der Waals surface area (Å²) in [5, 5.41) is 0. The molecule has 5 heteroatoms. The van der Waals surface area contributed by atoms with Gasteiger partial charge in [0.25, 0.3) is 0 Å². The maximum absolute atomic E-state index is 12.4. The Bertz CT molecular complexity index is 633. The molecule has 128 valence electrons. The van der Waals surface area contributed by atoms with Gasteiger partial charge in [-0.2, -0.15) is 0 Å². The standard InChI is InChI=1S/C19H23NO4/c1-3-17(21)16-6-4-5-13-20(16)18(22)12-9-14-7-10-15(11-8-14)19(23)24-2/h7-12,16H,3-6,13H2,1-2H3/b12-9+. The summed E-state index contributed by atoms with van der Waals surface area (Å²) >= 11 is 0. The lowest BCUT2D eigenvalue weighted by Gasteiger charge is -2.33. The zero-order chi connectivity index (χ0) is 17.5. The number of ether oxygens (including phenoxy) is 1. The number of benzene rings is 1. The minimum absolute atomic E-state index is 0.124. The summed E-state index contributed by atoms with van der Waals surface area (Å²) in [7, 11) is 1.33. The van der Waals surface area contributed by atoms with Crippen LogP contribution in [0.25, 0.3) is 6.08 Å². The summed E-state index contributed by atoms with van der Waals surface area (Å²) in [4.78, 5) is 37.5. The van der Waals surface area contributed by atoms with E-state index in [4.69, 9.17) is 0 Å². The summed E-state index contributed by atoms with van der Waals surface area (Å²) in [5.74, 6) is -0.409. The number of piperidine rings is 1. The quantitative estimate of drug-likeness (QED) is 0.615. The fourth-order valence-corrected chi connectivity index (χ4v) is 2.88. The number of nitrogens with zero attached hydrogens (tertiary/aromatic N) is 1. The van der Waals surface area contributed by atoms with Crippen LogP contribution in [0.1, 0.15) is 48.5 Å². The molecule has 0 bridgehead atoms. The molecule has 1 fully saturated rings. The summed E-state index contributed by atoms with van der Waals surface area (Å²) < 4.78 is 4.65. The highest BCUT2D eigenvalue weighted by Gasteiger charge is 2.29. The van der Waals surface area contributed by atoms with Gasteiger partial charge in [0.1, 0.15) is 0 Å². The number of carbonyl (C=O) groups excluding carboxylic acids is 3. The van der Waals surface area contributed by atoms with Crippen molar-refractivity contribution in [2.75, 3.05) is 13.7 Å². The van der Waals surface area contributed by atoms with Crippen LogP contribution in [0.4, 0.5) is 0 Å². The number of amides is 1. The molecule has 0 N–H and O–H groups in total. The average molecular weight is 329 g/mol. The van der Waals surface area contributed by atoms with Crippen molar-refractivity contribution in [3.05, 3.63) is 41.5 Å². The van der Waals surface area contributed by atoms with Gasteiger partial charge in [-0.3, -0.25) is 9.59 Å². The van der Waals surface area contributed by atoms with Crippen LogP contribution < -0.4 is 0 Å². The third-order valence-corrected chi connectivity index (χ3v) is 4.26. The van der Waals surface area contributed by atoms with Crippen molar-refractivity contribution >= 4 is 23.7 Å². The summed E-state index contributed by atoms with van der Waals surface area (Å²) in [6.45, 7) is 2.46. The van der Waals surface area contributed by atoms with E-state index in [0.717, 1.165) is 24.8 Å². The van der Waals surface area contributed by atoms with Crippen molar-refractivity contribution < 1.29 is 19.1 Å². The highest BCUT2D eigenvalue weighted by atomic mass is 16.5. The molecule has 24 heavy (non-hydrogen) atoms. The highest BCUT2D eigenvalue weighted by Crippen LogP contribution is 2.19. The van der Waals surface area contributed by atoms with E-state index in [9.17, 15) is 14.4 Å². The SMILES string of the molecule is CCC(=O)C1CCCCN1C(=O)/C=C/c1ccc(C(=O)OC)cc1. The molecule has 0 aromatic heterocycles. The van der Waals surface area contributed by atoms with Gasteiger partial charge in [0.2, 0.25) is 5.91 Å². The molecular weight excluding hydrogens is 306 g/mol. The number of esters is 1. The van der Waals surface area contributed by atoms with Crippen molar-refractivity contribution in [1.29, 1.82) is 0 Å². The van der Waals surface area contributed by atoms with Crippen molar-refractivity contribution in [3.63, 3.8) is 0 Å². The van der Waals surface area contributed by atoms with Crippen LogP contribution in [-0.2, 0) is 14.3 Å². The summed E-state index contributed by atoms with van der Waals surface area (Å²) in [5.41, 5.74) is 1.27. The van der Waals surface area contributed by atoms with Gasteiger partial charge in [0.05, 0.1) is 18.7 Å². The lowest BCUT2D eigenvalue weighted by molar-refractivity contribution is -0.137. The second-order valence-corrected chi connectivity index (χ2v) is 5.81. The molecule has 1 aromatic carbocycles. The molecule has 1 amide bonds. The zero-order valence-corrected chi connectivity index (χ0v) is 14.2. The minimum Gasteiger partial charge on any atom is -0.465 e. The molecule has 1 saturated heterocycles. The maximum Gasteiger partial charge on any atom is 0.337 e. The maximum atomic E-state index is 12.4. The topological polar surface area (TPSA) is 63.7 Å². The number of methoxy groups -OCH3 is 1. The normalized spacial score (nSPS) is 17.8. The minimum atomic E-state index is -0.393. The van der Waals surface area contributed by atoms with Gasteiger partial charge in [0, 0.05) is 19.0 Å². The van der Waals surface area contributed by atoms with Crippen molar-refractivity contribution in [2.45, 2.75) is 38.6 Å². The number of hydrogen-bond donors (Lipinski definition) is 0. The van der Waals surface area contributed by atoms with E-state index < -0.39 is 5.97 Å². The summed E-state index contributed by atoms with van der Waals surface area (Å²) in [6, 6.07) is 6.52. The van der Waals surface area contributed by atoms with E-state index in [0.29, 0.717) is 18.5 Å². The monoisotopic (exact) mass is 329 g/mol. The van der Waals surface area contributed by atoms with E-state index in [1.54, 1.807) is 35.2 Å². The van der Waals surface area contributed by atoms with Crippen LogP contribution in [0.5, 0.6) is 0 Å². The average Bonchev–Trinajstić information content (AvgIpc) is 2.65. The third-order valence-electron chi connectivity index (χ3n) is 4.26. The first-order valence-electron chi connectivity index (χ1n) is 8.26. The van der Waals surface area contributed by atoms with Gasteiger partial charge in [-0.1, -0.05) is 19.1 Å². The molecule has 1 aliphatic heterocycles. The first kappa shape index (κ1) is 17.9. The molecule has 0 aliphatic carbocycles. The van der Waals surface area contributed by atoms with Crippen LogP contribution >= 0.6 is 0 Å². The zero-order valence-electron chi connectivity index (χ0n) is 14.2. The predicted octanol–water partition coefficient (Wildman–Crippen LogP) is 2.85. The van der Waals surface area contributed by atoms with Crippen LogP contribution in [0, 0.1) is 0 Å². The third kappa shape index (κ3) is 4.31.